The fraction of sp³-hybridized carbons (Fsp3) is 0.538. The SMILES string of the molecule is CCN(C(C)COC)S(=O)(=O)c1ccc(NC)cc1. The number of nitrogens with one attached hydrogen (secondary N) is 1. The zero-order chi connectivity index (χ0) is 14.5. The van der Waals surface area contributed by atoms with Gasteiger partial charge >= 0.3 is 0 Å². The maximum atomic E-state index is 12.5. The van der Waals surface area contributed by atoms with Gasteiger partial charge in [0.2, 0.25) is 10.0 Å². The third kappa shape index (κ3) is 3.68. The number of methoxy groups -OCH3 is 1. The van der Waals surface area contributed by atoms with Gasteiger partial charge in [-0.25, -0.2) is 8.42 Å². The van der Waals surface area contributed by atoms with Gasteiger partial charge < -0.3 is 10.1 Å². The summed E-state index contributed by atoms with van der Waals surface area (Å²) in [6.07, 6.45) is 0. The molecule has 0 spiro atoms. The van der Waals surface area contributed by atoms with Crippen LogP contribution < -0.4 is 5.32 Å². The van der Waals surface area contributed by atoms with Gasteiger partial charge in [0.15, 0.2) is 0 Å². The molecule has 0 fully saturated rings. The van der Waals surface area contributed by atoms with E-state index in [9.17, 15) is 8.42 Å². The van der Waals surface area contributed by atoms with Crippen LogP contribution in [0, 0.1) is 0 Å². The number of rotatable bonds is 7. The Bertz CT molecular complexity index is 485. The topological polar surface area (TPSA) is 58.6 Å². The first-order chi connectivity index (χ1) is 8.97. The van der Waals surface area contributed by atoms with Crippen LogP contribution in [0.15, 0.2) is 29.2 Å². The molecule has 0 bridgehead atoms. The molecular formula is C13H22N2O3S. The molecule has 0 heterocycles. The lowest BCUT2D eigenvalue weighted by Gasteiger charge is -2.26. The molecule has 5 nitrogen and oxygen atoms in total. The smallest absolute Gasteiger partial charge is 0.243 e. The number of anilines is 1. The van der Waals surface area contributed by atoms with Crippen molar-refractivity contribution in [1.82, 2.24) is 4.31 Å². The van der Waals surface area contributed by atoms with Crippen LogP contribution in [0.3, 0.4) is 0 Å². The molecule has 0 aliphatic carbocycles. The van der Waals surface area contributed by atoms with Crippen LogP contribution >= 0.6 is 0 Å². The molecule has 108 valence electrons. The molecule has 0 saturated heterocycles. The van der Waals surface area contributed by atoms with Crippen molar-refractivity contribution in [3.63, 3.8) is 0 Å². The summed E-state index contributed by atoms with van der Waals surface area (Å²) < 4.78 is 31.5. The van der Waals surface area contributed by atoms with Crippen molar-refractivity contribution in [2.24, 2.45) is 0 Å². The number of hydrogen-bond acceptors (Lipinski definition) is 4. The van der Waals surface area contributed by atoms with E-state index in [2.05, 4.69) is 5.32 Å². The van der Waals surface area contributed by atoms with Crippen LogP contribution in [0.4, 0.5) is 5.69 Å². The summed E-state index contributed by atoms with van der Waals surface area (Å²) in [7, 11) is -0.110. The summed E-state index contributed by atoms with van der Waals surface area (Å²) in [5, 5.41) is 2.96. The Balaban J connectivity index is 3.05. The molecular weight excluding hydrogens is 264 g/mol. The highest BCUT2D eigenvalue weighted by Gasteiger charge is 2.27. The van der Waals surface area contributed by atoms with Gasteiger partial charge in [0.25, 0.3) is 0 Å². The van der Waals surface area contributed by atoms with Crippen LogP contribution in [-0.2, 0) is 14.8 Å². The summed E-state index contributed by atoms with van der Waals surface area (Å²) in [6, 6.07) is 6.54. The molecule has 0 amide bonds. The fourth-order valence-electron chi connectivity index (χ4n) is 1.97. The minimum Gasteiger partial charge on any atom is -0.388 e. The van der Waals surface area contributed by atoms with Crippen molar-refractivity contribution in [2.45, 2.75) is 24.8 Å². The lowest BCUT2D eigenvalue weighted by atomic mass is 10.3. The first-order valence-corrected chi connectivity index (χ1v) is 7.70. The van der Waals surface area contributed by atoms with Gasteiger partial charge in [-0.15, -0.1) is 0 Å². The van der Waals surface area contributed by atoms with Crippen LogP contribution in [0.1, 0.15) is 13.8 Å². The zero-order valence-electron chi connectivity index (χ0n) is 11.9. The molecule has 1 unspecified atom stereocenters. The monoisotopic (exact) mass is 286 g/mol. The second-order valence-electron chi connectivity index (χ2n) is 4.29. The van der Waals surface area contributed by atoms with Crippen molar-refractivity contribution >= 4 is 15.7 Å². The summed E-state index contributed by atoms with van der Waals surface area (Å²) in [4.78, 5) is 0.302. The van der Waals surface area contributed by atoms with Crippen molar-refractivity contribution in [2.75, 3.05) is 32.6 Å². The Morgan fingerprint density at radius 1 is 1.32 bits per heavy atom. The number of likely N-dealkylation sites (N-methyl/N-ethyl adjacent to an activating group) is 1. The molecule has 0 aliphatic rings. The first kappa shape index (κ1) is 15.9. The van der Waals surface area contributed by atoms with E-state index in [1.54, 1.807) is 38.4 Å². The molecule has 1 N–H and O–H groups in total. The van der Waals surface area contributed by atoms with Gasteiger partial charge in [0.1, 0.15) is 0 Å². The van der Waals surface area contributed by atoms with Gasteiger partial charge in [0.05, 0.1) is 11.5 Å². The lowest BCUT2D eigenvalue weighted by molar-refractivity contribution is 0.142. The number of sulfonamides is 1. The van der Waals surface area contributed by atoms with Crippen molar-refractivity contribution in [3.05, 3.63) is 24.3 Å². The molecule has 6 heteroatoms. The Labute approximate surface area is 115 Å². The van der Waals surface area contributed by atoms with E-state index >= 15 is 0 Å². The van der Waals surface area contributed by atoms with E-state index in [1.807, 2.05) is 13.8 Å². The second kappa shape index (κ2) is 6.88. The predicted octanol–water partition coefficient (Wildman–Crippen LogP) is 1.77. The van der Waals surface area contributed by atoms with E-state index in [0.717, 1.165) is 5.69 Å². The maximum absolute atomic E-state index is 12.5. The van der Waals surface area contributed by atoms with E-state index in [1.165, 1.54) is 4.31 Å². The molecule has 1 aromatic rings. The summed E-state index contributed by atoms with van der Waals surface area (Å²) in [5.74, 6) is 0. The van der Waals surface area contributed by atoms with Crippen LogP contribution in [-0.4, -0.2) is 46.1 Å². The van der Waals surface area contributed by atoms with Gasteiger partial charge in [-0.2, -0.15) is 4.31 Å². The van der Waals surface area contributed by atoms with Crippen LogP contribution in [0.25, 0.3) is 0 Å². The second-order valence-corrected chi connectivity index (χ2v) is 6.18. The molecule has 1 aromatic carbocycles. The predicted molar refractivity (Wildman–Crippen MR) is 76.9 cm³/mol. The first-order valence-electron chi connectivity index (χ1n) is 6.26. The highest BCUT2D eigenvalue weighted by atomic mass is 32.2. The van der Waals surface area contributed by atoms with Gasteiger partial charge in [-0.3, -0.25) is 0 Å². The van der Waals surface area contributed by atoms with Gasteiger partial charge in [-0.1, -0.05) is 6.92 Å². The average Bonchev–Trinajstić information content (AvgIpc) is 2.39. The molecule has 0 saturated carbocycles. The molecule has 1 atom stereocenters. The van der Waals surface area contributed by atoms with Crippen molar-refractivity contribution < 1.29 is 13.2 Å². The van der Waals surface area contributed by atoms with Crippen molar-refractivity contribution in [3.8, 4) is 0 Å². The third-order valence-electron chi connectivity index (χ3n) is 2.96. The number of benzene rings is 1. The van der Waals surface area contributed by atoms with Gasteiger partial charge in [0, 0.05) is 32.4 Å². The minimum absolute atomic E-state index is 0.191. The highest BCUT2D eigenvalue weighted by Crippen LogP contribution is 2.20. The summed E-state index contributed by atoms with van der Waals surface area (Å²) >= 11 is 0. The number of nitrogens with zero attached hydrogens (tertiary/aromatic N) is 1. The standard InChI is InChI=1S/C13H22N2O3S/c1-5-15(11(2)10-18-4)19(16,17)13-8-6-12(14-3)7-9-13/h6-9,11,14H,5,10H2,1-4H3. The summed E-state index contributed by atoms with van der Waals surface area (Å²) in [5.41, 5.74) is 0.881. The quantitative estimate of drug-likeness (QED) is 0.830. The maximum Gasteiger partial charge on any atom is 0.243 e. The average molecular weight is 286 g/mol. The third-order valence-corrected chi connectivity index (χ3v) is 5.06. The summed E-state index contributed by atoms with van der Waals surface area (Å²) in [6.45, 7) is 4.46. The Morgan fingerprint density at radius 2 is 1.89 bits per heavy atom. The number of ether oxygens (including phenoxy) is 1. The Kier molecular flexibility index (Phi) is 5.78. The van der Waals surface area contributed by atoms with E-state index < -0.39 is 10.0 Å². The Morgan fingerprint density at radius 3 is 2.32 bits per heavy atom. The number of hydrogen-bond donors (Lipinski definition) is 1. The largest absolute Gasteiger partial charge is 0.388 e. The highest BCUT2D eigenvalue weighted by molar-refractivity contribution is 7.89. The fourth-order valence-corrected chi connectivity index (χ4v) is 3.60. The Hall–Kier alpha value is -1.11. The lowest BCUT2D eigenvalue weighted by Crippen LogP contribution is -2.40. The molecule has 19 heavy (non-hydrogen) atoms. The molecule has 1 rings (SSSR count). The minimum atomic E-state index is -3.47. The van der Waals surface area contributed by atoms with Crippen LogP contribution in [0.2, 0.25) is 0 Å². The molecule has 0 radical (unpaired) electrons. The van der Waals surface area contributed by atoms with E-state index in [4.69, 9.17) is 4.74 Å². The molecule has 0 aliphatic heterocycles. The van der Waals surface area contributed by atoms with Gasteiger partial charge in [-0.05, 0) is 31.2 Å². The van der Waals surface area contributed by atoms with Crippen LogP contribution in [0.5, 0.6) is 0 Å². The zero-order valence-corrected chi connectivity index (χ0v) is 12.7. The van der Waals surface area contributed by atoms with E-state index in [0.29, 0.717) is 18.0 Å². The van der Waals surface area contributed by atoms with E-state index in [-0.39, 0.29) is 6.04 Å². The van der Waals surface area contributed by atoms with Crippen molar-refractivity contribution in [1.29, 1.82) is 0 Å². The normalized spacial score (nSPS) is 13.5. The molecule has 0 aromatic heterocycles.